The third-order valence-electron chi connectivity index (χ3n) is 4.22. The van der Waals surface area contributed by atoms with E-state index < -0.39 is 0 Å². The van der Waals surface area contributed by atoms with Crippen LogP contribution < -0.4 is 19.5 Å². The van der Waals surface area contributed by atoms with Gasteiger partial charge in [0.1, 0.15) is 12.4 Å². The van der Waals surface area contributed by atoms with E-state index in [0.717, 1.165) is 12.0 Å². The second kappa shape index (κ2) is 10.9. The van der Waals surface area contributed by atoms with Crippen LogP contribution in [-0.2, 0) is 6.61 Å². The summed E-state index contributed by atoms with van der Waals surface area (Å²) in [5, 5.41) is 2.91. The molecule has 0 saturated heterocycles. The van der Waals surface area contributed by atoms with E-state index in [1.807, 2.05) is 50.2 Å². The van der Waals surface area contributed by atoms with Gasteiger partial charge in [0.05, 0.1) is 18.9 Å². The number of hydrogen-bond acceptors (Lipinski definition) is 5. The lowest BCUT2D eigenvalue weighted by molar-refractivity contribution is 0.102. The number of hydrogen-bond donors (Lipinski definition) is 1. The van der Waals surface area contributed by atoms with Gasteiger partial charge in [0.15, 0.2) is 11.5 Å². The highest BCUT2D eigenvalue weighted by molar-refractivity contribution is 6.05. The topological polar surface area (TPSA) is 69.7 Å². The number of rotatable bonds is 10. The molecule has 0 aliphatic rings. The molecule has 0 radical (unpaired) electrons. The number of aromatic nitrogens is 1. The first kappa shape index (κ1) is 21.2. The molecule has 1 aromatic heterocycles. The molecule has 6 heteroatoms. The number of pyridine rings is 1. The minimum Gasteiger partial charge on any atom is -0.491 e. The fourth-order valence-electron chi connectivity index (χ4n) is 2.78. The third kappa shape index (κ3) is 5.73. The van der Waals surface area contributed by atoms with Crippen LogP contribution >= 0.6 is 0 Å². The van der Waals surface area contributed by atoms with Gasteiger partial charge in [-0.25, -0.2) is 0 Å². The maximum absolute atomic E-state index is 12.8. The summed E-state index contributed by atoms with van der Waals surface area (Å²) < 4.78 is 17.3. The van der Waals surface area contributed by atoms with E-state index in [9.17, 15) is 4.79 Å². The molecule has 1 N–H and O–H groups in total. The van der Waals surface area contributed by atoms with Gasteiger partial charge in [-0.3, -0.25) is 9.78 Å². The van der Waals surface area contributed by atoms with Crippen molar-refractivity contribution in [3.63, 3.8) is 0 Å². The van der Waals surface area contributed by atoms with E-state index >= 15 is 0 Å². The van der Waals surface area contributed by atoms with Gasteiger partial charge in [0, 0.05) is 23.5 Å². The van der Waals surface area contributed by atoms with E-state index in [-0.39, 0.29) is 5.91 Å². The van der Waals surface area contributed by atoms with Crippen molar-refractivity contribution >= 4 is 11.6 Å². The summed E-state index contributed by atoms with van der Waals surface area (Å²) in [4.78, 5) is 16.9. The summed E-state index contributed by atoms with van der Waals surface area (Å²) in [5.41, 5.74) is 2.05. The van der Waals surface area contributed by atoms with Crippen LogP contribution in [0.1, 0.15) is 36.2 Å². The highest BCUT2D eigenvalue weighted by Crippen LogP contribution is 2.30. The van der Waals surface area contributed by atoms with Crippen LogP contribution in [0.2, 0.25) is 0 Å². The molecule has 30 heavy (non-hydrogen) atoms. The molecule has 0 bridgehead atoms. The van der Waals surface area contributed by atoms with Crippen LogP contribution in [0.15, 0.2) is 67.0 Å². The molecule has 0 saturated carbocycles. The number of nitrogens with one attached hydrogen (secondary N) is 1. The van der Waals surface area contributed by atoms with Crippen LogP contribution in [0.3, 0.4) is 0 Å². The summed E-state index contributed by atoms with van der Waals surface area (Å²) in [6.45, 7) is 5.33. The Bertz CT molecular complexity index is 960. The van der Waals surface area contributed by atoms with Gasteiger partial charge < -0.3 is 19.5 Å². The Hall–Kier alpha value is -3.54. The summed E-state index contributed by atoms with van der Waals surface area (Å²) >= 11 is 0. The Labute approximate surface area is 176 Å². The van der Waals surface area contributed by atoms with E-state index in [1.165, 1.54) is 0 Å². The van der Waals surface area contributed by atoms with E-state index in [1.54, 1.807) is 30.6 Å². The molecule has 0 atom stereocenters. The van der Waals surface area contributed by atoms with Crippen LogP contribution in [0.25, 0.3) is 0 Å². The Kier molecular flexibility index (Phi) is 7.66. The average molecular weight is 406 g/mol. The normalized spacial score (nSPS) is 10.3. The molecule has 3 aromatic rings. The van der Waals surface area contributed by atoms with E-state index in [0.29, 0.717) is 48.3 Å². The molecule has 0 unspecified atom stereocenters. The molecule has 0 spiro atoms. The molecule has 2 aromatic carbocycles. The maximum Gasteiger partial charge on any atom is 0.255 e. The second-order valence-electron chi connectivity index (χ2n) is 6.54. The smallest absolute Gasteiger partial charge is 0.255 e. The largest absolute Gasteiger partial charge is 0.491 e. The monoisotopic (exact) mass is 406 g/mol. The highest BCUT2D eigenvalue weighted by Gasteiger charge is 2.14. The fourth-order valence-corrected chi connectivity index (χ4v) is 2.78. The van der Waals surface area contributed by atoms with Crippen molar-refractivity contribution in [3.05, 3.63) is 78.1 Å². The van der Waals surface area contributed by atoms with Gasteiger partial charge in [0.25, 0.3) is 5.91 Å². The van der Waals surface area contributed by atoms with Crippen LogP contribution in [0.4, 0.5) is 5.69 Å². The molecule has 3 rings (SSSR count). The van der Waals surface area contributed by atoms with Crippen molar-refractivity contribution in [1.29, 1.82) is 0 Å². The second-order valence-corrected chi connectivity index (χ2v) is 6.54. The first-order valence-electron chi connectivity index (χ1n) is 10.0. The number of benzene rings is 2. The Morgan fingerprint density at radius 1 is 0.933 bits per heavy atom. The summed E-state index contributed by atoms with van der Waals surface area (Å²) in [7, 11) is 0. The molecular formula is C24H26N2O4. The zero-order valence-corrected chi connectivity index (χ0v) is 17.3. The first-order valence-corrected chi connectivity index (χ1v) is 10.0. The van der Waals surface area contributed by atoms with Crippen LogP contribution in [-0.4, -0.2) is 24.1 Å². The summed E-state index contributed by atoms with van der Waals surface area (Å²) in [6, 6.07) is 16.3. The number of nitrogens with zero attached hydrogens (tertiary/aromatic N) is 1. The zero-order chi connectivity index (χ0) is 21.2. The number of carbonyl (C=O) groups is 1. The lowest BCUT2D eigenvalue weighted by atomic mass is 10.1. The Morgan fingerprint density at radius 3 is 2.57 bits per heavy atom. The maximum atomic E-state index is 12.8. The van der Waals surface area contributed by atoms with Crippen molar-refractivity contribution in [2.24, 2.45) is 0 Å². The molecule has 6 nitrogen and oxygen atoms in total. The number of anilines is 1. The summed E-state index contributed by atoms with van der Waals surface area (Å²) in [5.74, 6) is 1.49. The quantitative estimate of drug-likeness (QED) is 0.507. The van der Waals surface area contributed by atoms with Crippen molar-refractivity contribution in [2.75, 3.05) is 18.5 Å². The van der Waals surface area contributed by atoms with Gasteiger partial charge in [0.2, 0.25) is 0 Å². The molecular weight excluding hydrogens is 380 g/mol. The Balaban J connectivity index is 1.74. The zero-order valence-electron chi connectivity index (χ0n) is 17.3. The van der Waals surface area contributed by atoms with Gasteiger partial charge in [-0.05, 0) is 49.7 Å². The van der Waals surface area contributed by atoms with Gasteiger partial charge >= 0.3 is 0 Å². The molecule has 156 valence electrons. The van der Waals surface area contributed by atoms with Crippen molar-refractivity contribution in [3.8, 4) is 17.2 Å². The van der Waals surface area contributed by atoms with Crippen LogP contribution in [0, 0.1) is 0 Å². The van der Waals surface area contributed by atoms with Crippen LogP contribution in [0.5, 0.6) is 17.2 Å². The van der Waals surface area contributed by atoms with E-state index in [4.69, 9.17) is 14.2 Å². The molecule has 0 aliphatic carbocycles. The van der Waals surface area contributed by atoms with Gasteiger partial charge in [-0.2, -0.15) is 0 Å². The lowest BCUT2D eigenvalue weighted by Gasteiger charge is -2.15. The summed E-state index contributed by atoms with van der Waals surface area (Å²) in [6.07, 6.45) is 4.36. The molecule has 1 heterocycles. The van der Waals surface area contributed by atoms with Crippen molar-refractivity contribution in [1.82, 2.24) is 4.98 Å². The molecule has 1 amide bonds. The minimum atomic E-state index is -0.248. The predicted molar refractivity (Wildman–Crippen MR) is 116 cm³/mol. The third-order valence-corrected chi connectivity index (χ3v) is 4.22. The van der Waals surface area contributed by atoms with E-state index in [2.05, 4.69) is 10.3 Å². The SMILES string of the molecule is CCCOc1ccccc1NC(=O)c1ccc(OCc2cccnc2)c(OCC)c1. The fraction of sp³-hybridized carbons (Fsp3) is 0.250. The minimum absolute atomic E-state index is 0.248. The number of ether oxygens (including phenoxy) is 3. The number of carbonyl (C=O) groups excluding carboxylic acids is 1. The van der Waals surface area contributed by atoms with Crippen molar-refractivity contribution in [2.45, 2.75) is 26.9 Å². The van der Waals surface area contributed by atoms with Crippen molar-refractivity contribution < 1.29 is 19.0 Å². The molecule has 0 fully saturated rings. The van der Waals surface area contributed by atoms with Gasteiger partial charge in [-0.15, -0.1) is 0 Å². The predicted octanol–water partition coefficient (Wildman–Crippen LogP) is 5.10. The number of amides is 1. The highest BCUT2D eigenvalue weighted by atomic mass is 16.5. The average Bonchev–Trinajstić information content (AvgIpc) is 2.78. The first-order chi connectivity index (χ1) is 14.7. The Morgan fingerprint density at radius 2 is 1.80 bits per heavy atom. The lowest BCUT2D eigenvalue weighted by Crippen LogP contribution is -2.13. The standard InChI is InChI=1S/C24H26N2O4/c1-3-14-29-21-10-6-5-9-20(21)26-24(27)19-11-12-22(23(15-19)28-4-2)30-17-18-8-7-13-25-16-18/h5-13,15-16H,3-4,14,17H2,1-2H3,(H,26,27). The van der Waals surface area contributed by atoms with Gasteiger partial charge in [-0.1, -0.05) is 25.1 Å². The number of para-hydroxylation sites is 2. The molecule has 0 aliphatic heterocycles.